The molecule has 6 aromatic rings. The molecule has 1 fully saturated rings. The summed E-state index contributed by atoms with van der Waals surface area (Å²) in [5.74, 6) is 1.36. The Morgan fingerprint density at radius 3 is 1.95 bits per heavy atom. The van der Waals surface area contributed by atoms with E-state index in [2.05, 4.69) is 4.98 Å². The van der Waals surface area contributed by atoms with Crippen LogP contribution in [0.5, 0.6) is 5.75 Å². The Morgan fingerprint density at radius 1 is 0.782 bits per heavy atom. The summed E-state index contributed by atoms with van der Waals surface area (Å²) in [4.78, 5) is 42.8. The molecular formula is C45H45ClN6O3. The predicted molar refractivity (Wildman–Crippen MR) is 216 cm³/mol. The molecule has 2 atom stereocenters. The van der Waals surface area contributed by atoms with Gasteiger partial charge in [0.25, 0.3) is 11.8 Å². The lowest BCUT2D eigenvalue weighted by Gasteiger charge is -2.36. The van der Waals surface area contributed by atoms with Crippen molar-refractivity contribution < 1.29 is 14.3 Å². The molecule has 9 nitrogen and oxygen atoms in total. The highest BCUT2D eigenvalue weighted by Crippen LogP contribution is 2.35. The number of hydrogen-bond acceptors (Lipinski definition) is 6. The van der Waals surface area contributed by atoms with Crippen molar-refractivity contribution in [1.29, 1.82) is 0 Å². The average molecular weight is 753 g/mol. The standard InChI is InChI=1S/C45H45ClN6O3/c1-31(33-14-6-4-7-15-33)52(32(2)34-16-8-5-9-17-34)45(54)39-21-13-12-20-38(39)44(53)50(37-18-10-11-19-37)28-29-51-43(36-22-23-41(55-3)40(46)30-36)48-42(49-51)35-24-26-47-27-25-35/h4-9,12-17,20-27,30-32,37H,10-11,18-19,28-29H2,1-3H3/t31-,32-/m0/s1. The average Bonchev–Trinajstić information content (AvgIpc) is 3.93. The van der Waals surface area contributed by atoms with Crippen LogP contribution in [0.4, 0.5) is 0 Å². The van der Waals surface area contributed by atoms with E-state index in [0.29, 0.717) is 46.6 Å². The minimum atomic E-state index is -0.259. The van der Waals surface area contributed by atoms with Gasteiger partial charge in [0.1, 0.15) is 5.75 Å². The minimum Gasteiger partial charge on any atom is -0.495 e. The molecule has 55 heavy (non-hydrogen) atoms. The molecule has 1 aliphatic carbocycles. The van der Waals surface area contributed by atoms with Crippen molar-refractivity contribution in [1.82, 2.24) is 29.5 Å². The zero-order valence-electron chi connectivity index (χ0n) is 31.4. The van der Waals surface area contributed by atoms with Crippen molar-refractivity contribution in [3.63, 3.8) is 0 Å². The van der Waals surface area contributed by atoms with Crippen molar-refractivity contribution in [2.24, 2.45) is 0 Å². The van der Waals surface area contributed by atoms with Gasteiger partial charge in [0.05, 0.1) is 41.9 Å². The van der Waals surface area contributed by atoms with E-state index in [1.54, 1.807) is 31.6 Å². The largest absolute Gasteiger partial charge is 0.495 e. The predicted octanol–water partition coefficient (Wildman–Crippen LogP) is 9.72. The number of carbonyl (C=O) groups is 2. The van der Waals surface area contributed by atoms with Gasteiger partial charge in [-0.2, -0.15) is 5.10 Å². The molecule has 1 saturated carbocycles. The molecule has 0 radical (unpaired) electrons. The number of halogens is 1. The Labute approximate surface area is 327 Å². The lowest BCUT2D eigenvalue weighted by molar-refractivity contribution is 0.0584. The molecular weight excluding hydrogens is 708 g/mol. The summed E-state index contributed by atoms with van der Waals surface area (Å²) in [6.45, 7) is 4.84. The third kappa shape index (κ3) is 8.17. The monoisotopic (exact) mass is 752 g/mol. The van der Waals surface area contributed by atoms with Gasteiger partial charge in [-0.05, 0) is 80.3 Å². The molecule has 0 bridgehead atoms. The third-order valence-electron chi connectivity index (χ3n) is 10.6. The fourth-order valence-electron chi connectivity index (χ4n) is 7.63. The Hall–Kier alpha value is -5.80. The normalized spacial score (nSPS) is 14.0. The number of methoxy groups -OCH3 is 1. The van der Waals surface area contributed by atoms with E-state index in [1.165, 1.54) is 0 Å². The second-order valence-corrected chi connectivity index (χ2v) is 14.3. The summed E-state index contributed by atoms with van der Waals surface area (Å²) in [5.41, 5.74) is 4.41. The zero-order chi connectivity index (χ0) is 38.3. The van der Waals surface area contributed by atoms with Gasteiger partial charge < -0.3 is 14.5 Å². The van der Waals surface area contributed by atoms with E-state index in [0.717, 1.165) is 47.9 Å². The van der Waals surface area contributed by atoms with Crippen LogP contribution in [0.2, 0.25) is 5.02 Å². The van der Waals surface area contributed by atoms with E-state index in [1.807, 2.05) is 131 Å². The molecule has 2 aromatic heterocycles. The highest BCUT2D eigenvalue weighted by molar-refractivity contribution is 6.32. The molecule has 2 heterocycles. The lowest BCUT2D eigenvalue weighted by atomic mass is 9.97. The first kappa shape index (κ1) is 37.5. The fraction of sp³-hybridized carbons (Fsp3) is 0.267. The topological polar surface area (TPSA) is 93.5 Å². The van der Waals surface area contributed by atoms with E-state index in [-0.39, 0.29) is 29.9 Å². The van der Waals surface area contributed by atoms with Crippen LogP contribution >= 0.6 is 11.6 Å². The van der Waals surface area contributed by atoms with Gasteiger partial charge >= 0.3 is 0 Å². The maximum absolute atomic E-state index is 14.9. The summed E-state index contributed by atoms with van der Waals surface area (Å²) in [5, 5.41) is 5.39. The lowest BCUT2D eigenvalue weighted by Crippen LogP contribution is -2.42. The highest BCUT2D eigenvalue weighted by atomic mass is 35.5. The van der Waals surface area contributed by atoms with Crippen molar-refractivity contribution in [2.45, 2.75) is 64.2 Å². The van der Waals surface area contributed by atoms with Gasteiger partial charge in [-0.3, -0.25) is 14.6 Å². The molecule has 2 amide bonds. The summed E-state index contributed by atoms with van der Waals surface area (Å²) in [6, 6.07) is 36.1. The summed E-state index contributed by atoms with van der Waals surface area (Å²) in [7, 11) is 1.58. The van der Waals surface area contributed by atoms with Gasteiger partial charge in [0, 0.05) is 36.1 Å². The zero-order valence-corrected chi connectivity index (χ0v) is 32.1. The molecule has 0 unspecified atom stereocenters. The highest BCUT2D eigenvalue weighted by Gasteiger charge is 2.34. The van der Waals surface area contributed by atoms with E-state index in [9.17, 15) is 9.59 Å². The molecule has 10 heteroatoms. The maximum atomic E-state index is 14.9. The van der Waals surface area contributed by atoms with Crippen LogP contribution in [0.15, 0.2) is 128 Å². The van der Waals surface area contributed by atoms with Crippen molar-refractivity contribution in [3.8, 4) is 28.5 Å². The van der Waals surface area contributed by atoms with Crippen molar-refractivity contribution in [2.75, 3.05) is 13.7 Å². The Balaban J connectivity index is 1.23. The molecule has 0 spiro atoms. The first-order valence-electron chi connectivity index (χ1n) is 18.9. The molecule has 0 saturated heterocycles. The molecule has 4 aromatic carbocycles. The van der Waals surface area contributed by atoms with Crippen LogP contribution in [-0.2, 0) is 6.54 Å². The minimum absolute atomic E-state index is 0.0281. The van der Waals surface area contributed by atoms with Crippen molar-refractivity contribution >= 4 is 23.4 Å². The van der Waals surface area contributed by atoms with Crippen LogP contribution in [-0.4, -0.2) is 61.1 Å². The summed E-state index contributed by atoms with van der Waals surface area (Å²) >= 11 is 6.58. The number of benzene rings is 4. The quantitative estimate of drug-likeness (QED) is 0.117. The van der Waals surface area contributed by atoms with E-state index in [4.69, 9.17) is 26.4 Å². The van der Waals surface area contributed by atoms with Crippen LogP contribution in [0.25, 0.3) is 22.8 Å². The smallest absolute Gasteiger partial charge is 0.255 e. The summed E-state index contributed by atoms with van der Waals surface area (Å²) < 4.78 is 7.24. The number of nitrogens with zero attached hydrogens (tertiary/aromatic N) is 6. The molecule has 0 N–H and O–H groups in total. The van der Waals surface area contributed by atoms with Crippen molar-refractivity contribution in [3.05, 3.63) is 155 Å². The Morgan fingerprint density at radius 2 is 1.36 bits per heavy atom. The van der Waals surface area contributed by atoms with E-state index < -0.39 is 0 Å². The first-order chi connectivity index (χ1) is 26.8. The molecule has 280 valence electrons. The number of pyridine rings is 1. The van der Waals surface area contributed by atoms with Gasteiger partial charge in [-0.15, -0.1) is 0 Å². The third-order valence-corrected chi connectivity index (χ3v) is 10.9. The second-order valence-electron chi connectivity index (χ2n) is 13.9. The van der Waals surface area contributed by atoms with E-state index >= 15 is 0 Å². The maximum Gasteiger partial charge on any atom is 0.255 e. The Bertz CT molecular complexity index is 2180. The van der Waals surface area contributed by atoms with Gasteiger partial charge in [-0.25, -0.2) is 9.67 Å². The second kappa shape index (κ2) is 17.1. The number of aromatic nitrogens is 4. The van der Waals surface area contributed by atoms with Gasteiger partial charge in [-0.1, -0.05) is 97.2 Å². The molecule has 7 rings (SSSR count). The first-order valence-corrected chi connectivity index (χ1v) is 19.2. The van der Waals surface area contributed by atoms with Crippen LogP contribution < -0.4 is 4.74 Å². The Kier molecular flexibility index (Phi) is 11.7. The van der Waals surface area contributed by atoms with Gasteiger partial charge in [0.15, 0.2) is 11.6 Å². The molecule has 1 aliphatic rings. The number of ether oxygens (including phenoxy) is 1. The molecule has 0 aliphatic heterocycles. The fourth-order valence-corrected chi connectivity index (χ4v) is 7.89. The number of carbonyl (C=O) groups excluding carboxylic acids is 2. The van der Waals surface area contributed by atoms with Crippen LogP contribution in [0.1, 0.15) is 83.5 Å². The summed E-state index contributed by atoms with van der Waals surface area (Å²) in [6.07, 6.45) is 7.28. The SMILES string of the molecule is COc1ccc(-c2nc(-c3ccncc3)nn2CCN(C(=O)c2ccccc2C(=O)N([C@@H](C)c2ccccc2)[C@@H](C)c2ccccc2)C2CCCC2)cc1Cl. The van der Waals surface area contributed by atoms with Crippen LogP contribution in [0.3, 0.4) is 0 Å². The number of rotatable bonds is 13. The number of hydrogen-bond donors (Lipinski definition) is 0. The number of amides is 2. The van der Waals surface area contributed by atoms with Gasteiger partial charge in [0.2, 0.25) is 0 Å². The van der Waals surface area contributed by atoms with Crippen LogP contribution in [0, 0.1) is 0 Å².